The molecule has 0 saturated carbocycles. The van der Waals surface area contributed by atoms with E-state index >= 15 is 0 Å². The normalized spacial score (nSPS) is 17.5. The number of amides is 3. The van der Waals surface area contributed by atoms with E-state index in [-0.39, 0.29) is 24.8 Å². The van der Waals surface area contributed by atoms with Crippen LogP contribution in [0.15, 0.2) is 48.7 Å². The summed E-state index contributed by atoms with van der Waals surface area (Å²) in [7, 11) is 0. The maximum absolute atomic E-state index is 12.9. The second kappa shape index (κ2) is 8.89. The lowest BCUT2D eigenvalue weighted by atomic mass is 10.0. The van der Waals surface area contributed by atoms with Crippen LogP contribution in [-0.4, -0.2) is 49.9 Å². The van der Waals surface area contributed by atoms with E-state index < -0.39 is 11.9 Å². The smallest absolute Gasteiger partial charge is 0.255 e. The van der Waals surface area contributed by atoms with Gasteiger partial charge < -0.3 is 9.64 Å². The Kier molecular flexibility index (Phi) is 5.62. The van der Waals surface area contributed by atoms with Crippen molar-refractivity contribution in [3.63, 3.8) is 0 Å². The summed E-state index contributed by atoms with van der Waals surface area (Å²) in [6.45, 7) is 0.985. The van der Waals surface area contributed by atoms with Crippen molar-refractivity contribution in [2.75, 3.05) is 0 Å². The Morgan fingerprint density at radius 1 is 1.09 bits per heavy atom. The van der Waals surface area contributed by atoms with Crippen LogP contribution in [-0.2, 0) is 29.3 Å². The van der Waals surface area contributed by atoms with E-state index in [9.17, 15) is 19.2 Å². The van der Waals surface area contributed by atoms with Gasteiger partial charge in [0.25, 0.3) is 5.91 Å². The molecule has 1 unspecified atom stereocenters. The van der Waals surface area contributed by atoms with Gasteiger partial charge in [-0.15, -0.1) is 5.10 Å². The number of carbonyl (C=O) groups excluding carboxylic acids is 4. The Balaban J connectivity index is 1.26. The third-order valence-corrected chi connectivity index (χ3v) is 6.06. The molecule has 0 bridgehead atoms. The van der Waals surface area contributed by atoms with E-state index in [1.165, 1.54) is 15.8 Å². The van der Waals surface area contributed by atoms with Gasteiger partial charge in [-0.2, -0.15) is 0 Å². The third kappa shape index (κ3) is 4.05. The molecule has 34 heavy (non-hydrogen) atoms. The second-order valence-corrected chi connectivity index (χ2v) is 8.22. The predicted octanol–water partition coefficient (Wildman–Crippen LogP) is 1.48. The first-order valence-corrected chi connectivity index (χ1v) is 10.8. The van der Waals surface area contributed by atoms with Gasteiger partial charge in [-0.1, -0.05) is 35.5 Å². The molecular weight excluding hydrogens is 438 g/mol. The molecule has 172 valence electrons. The molecule has 1 fully saturated rings. The number of hydrogen-bond acceptors (Lipinski definition) is 7. The van der Waals surface area contributed by atoms with E-state index in [0.29, 0.717) is 42.9 Å². The van der Waals surface area contributed by atoms with Crippen LogP contribution in [0.3, 0.4) is 0 Å². The summed E-state index contributed by atoms with van der Waals surface area (Å²) >= 11 is 0. The molecule has 1 N–H and O–H groups in total. The zero-order chi connectivity index (χ0) is 23.7. The third-order valence-electron chi connectivity index (χ3n) is 6.06. The molecule has 3 aromatic rings. The van der Waals surface area contributed by atoms with Crippen LogP contribution in [0.25, 0.3) is 0 Å². The highest BCUT2D eigenvalue weighted by atomic mass is 16.5. The van der Waals surface area contributed by atoms with Crippen LogP contribution in [0.1, 0.15) is 50.4 Å². The van der Waals surface area contributed by atoms with Gasteiger partial charge in [0, 0.05) is 17.5 Å². The number of carbonyl (C=O) groups is 4. The lowest BCUT2D eigenvalue weighted by Gasteiger charge is -2.29. The number of ether oxygens (including phenoxy) is 1. The molecule has 1 atom stereocenters. The lowest BCUT2D eigenvalue weighted by molar-refractivity contribution is -0.136. The Labute approximate surface area is 194 Å². The van der Waals surface area contributed by atoms with Crippen LogP contribution >= 0.6 is 0 Å². The van der Waals surface area contributed by atoms with Crippen LogP contribution in [0, 0.1) is 0 Å². The SMILES string of the molecule is O=Cc1cnnn1Cc1ccc(COc2cccc3c2CN(C2CCC(=O)NC2=O)C3=O)cc1. The second-order valence-electron chi connectivity index (χ2n) is 8.22. The van der Waals surface area contributed by atoms with Crippen molar-refractivity contribution in [1.82, 2.24) is 25.2 Å². The predicted molar refractivity (Wildman–Crippen MR) is 118 cm³/mol. The minimum absolute atomic E-state index is 0.212. The van der Waals surface area contributed by atoms with Crippen molar-refractivity contribution in [2.24, 2.45) is 0 Å². The van der Waals surface area contributed by atoms with Gasteiger partial charge in [0.2, 0.25) is 11.8 Å². The summed E-state index contributed by atoms with van der Waals surface area (Å²) in [5.74, 6) is -0.401. The molecule has 3 heterocycles. The number of aldehydes is 1. The number of piperidine rings is 1. The van der Waals surface area contributed by atoms with Crippen molar-refractivity contribution in [1.29, 1.82) is 0 Å². The summed E-state index contributed by atoms with van der Waals surface area (Å²) in [6.07, 6.45) is 2.66. The average molecular weight is 459 g/mol. The van der Waals surface area contributed by atoms with E-state index in [1.54, 1.807) is 18.2 Å². The van der Waals surface area contributed by atoms with E-state index in [0.717, 1.165) is 16.7 Å². The summed E-state index contributed by atoms with van der Waals surface area (Å²) in [5.41, 5.74) is 3.55. The Hall–Kier alpha value is -4.34. The zero-order valence-electron chi connectivity index (χ0n) is 18.1. The minimum Gasteiger partial charge on any atom is -0.489 e. The number of hydrogen-bond donors (Lipinski definition) is 1. The Morgan fingerprint density at radius 2 is 1.88 bits per heavy atom. The number of imide groups is 1. The van der Waals surface area contributed by atoms with Crippen LogP contribution in [0.4, 0.5) is 0 Å². The summed E-state index contributed by atoms with van der Waals surface area (Å²) < 4.78 is 7.56. The molecule has 2 aliphatic heterocycles. The summed E-state index contributed by atoms with van der Waals surface area (Å²) in [6, 6.07) is 12.3. The van der Waals surface area contributed by atoms with Crippen LogP contribution in [0.5, 0.6) is 5.75 Å². The van der Waals surface area contributed by atoms with Gasteiger partial charge in [-0.3, -0.25) is 24.5 Å². The fourth-order valence-corrected chi connectivity index (χ4v) is 4.25. The quantitative estimate of drug-likeness (QED) is 0.419. The van der Waals surface area contributed by atoms with E-state index in [4.69, 9.17) is 4.74 Å². The van der Waals surface area contributed by atoms with Gasteiger partial charge in [0.15, 0.2) is 6.29 Å². The fraction of sp³-hybridized carbons (Fsp3) is 0.250. The number of rotatable bonds is 7. The topological polar surface area (TPSA) is 123 Å². The van der Waals surface area contributed by atoms with Gasteiger partial charge in [-0.25, -0.2) is 4.68 Å². The summed E-state index contributed by atoms with van der Waals surface area (Å²) in [5, 5.41) is 9.96. The first-order chi connectivity index (χ1) is 16.5. The molecule has 0 aliphatic carbocycles. The number of nitrogens with one attached hydrogen (secondary N) is 1. The molecule has 5 rings (SSSR count). The molecule has 0 spiro atoms. The maximum Gasteiger partial charge on any atom is 0.255 e. The molecule has 10 heteroatoms. The molecule has 1 saturated heterocycles. The van der Waals surface area contributed by atoms with Gasteiger partial charge in [-0.05, 0) is 29.7 Å². The fourth-order valence-electron chi connectivity index (χ4n) is 4.25. The monoisotopic (exact) mass is 459 g/mol. The van der Waals surface area contributed by atoms with E-state index in [2.05, 4.69) is 15.6 Å². The largest absolute Gasteiger partial charge is 0.489 e. The highest BCUT2D eigenvalue weighted by Gasteiger charge is 2.40. The number of aromatic nitrogens is 3. The molecule has 2 aliphatic rings. The molecule has 0 radical (unpaired) electrons. The molecule has 10 nitrogen and oxygen atoms in total. The number of fused-ring (bicyclic) bond motifs is 1. The lowest BCUT2D eigenvalue weighted by Crippen LogP contribution is -2.52. The standard InChI is InChI=1S/C24H21N5O5/c30-13-17-10-25-27-29(17)11-15-4-6-16(7-5-15)14-34-21-3-1-2-18-19(21)12-28(24(18)33)20-8-9-22(31)26-23(20)32/h1-7,10,13,20H,8-9,11-12,14H2,(H,26,31,32). The maximum atomic E-state index is 12.9. The van der Waals surface area contributed by atoms with E-state index in [1.807, 2.05) is 24.3 Å². The molecular formula is C24H21N5O5. The van der Waals surface area contributed by atoms with Crippen molar-refractivity contribution in [3.05, 3.63) is 76.6 Å². The van der Waals surface area contributed by atoms with Gasteiger partial charge in [0.1, 0.15) is 24.1 Å². The minimum atomic E-state index is -0.664. The van der Waals surface area contributed by atoms with Crippen molar-refractivity contribution in [2.45, 2.75) is 38.6 Å². The highest BCUT2D eigenvalue weighted by molar-refractivity contribution is 6.05. The molecule has 2 aromatic carbocycles. The average Bonchev–Trinajstić information content (AvgIpc) is 3.43. The van der Waals surface area contributed by atoms with Crippen LogP contribution in [0.2, 0.25) is 0 Å². The van der Waals surface area contributed by atoms with Gasteiger partial charge >= 0.3 is 0 Å². The van der Waals surface area contributed by atoms with Crippen molar-refractivity contribution >= 4 is 24.0 Å². The Bertz CT molecular complexity index is 1280. The molecule has 3 amide bonds. The van der Waals surface area contributed by atoms with Crippen LogP contribution < -0.4 is 10.1 Å². The number of benzene rings is 2. The van der Waals surface area contributed by atoms with Crippen molar-refractivity contribution < 1.29 is 23.9 Å². The zero-order valence-corrected chi connectivity index (χ0v) is 18.1. The Morgan fingerprint density at radius 3 is 2.65 bits per heavy atom. The highest BCUT2D eigenvalue weighted by Crippen LogP contribution is 2.33. The first kappa shape index (κ1) is 21.5. The van der Waals surface area contributed by atoms with Crippen molar-refractivity contribution in [3.8, 4) is 5.75 Å². The summed E-state index contributed by atoms with van der Waals surface area (Å²) in [4.78, 5) is 49.2. The number of nitrogens with zero attached hydrogens (tertiary/aromatic N) is 4. The first-order valence-electron chi connectivity index (χ1n) is 10.8. The molecule has 1 aromatic heterocycles. The van der Waals surface area contributed by atoms with Gasteiger partial charge in [0.05, 0.1) is 19.3 Å².